The minimum absolute atomic E-state index is 0.123. The Morgan fingerprint density at radius 1 is 0.522 bits per heavy atom. The number of hydrogen-bond donors (Lipinski definition) is 0. The summed E-state index contributed by atoms with van der Waals surface area (Å²) in [6.07, 6.45) is 16.8. The van der Waals surface area contributed by atoms with Crippen LogP contribution in [0, 0.1) is 11.8 Å². The van der Waals surface area contributed by atoms with E-state index in [4.69, 9.17) is 0 Å². The Kier molecular flexibility index (Phi) is 6.13. The zero-order chi connectivity index (χ0) is 16.1. The molecule has 0 aromatic rings. The summed E-state index contributed by atoms with van der Waals surface area (Å²) in [7, 11) is 0. The van der Waals surface area contributed by atoms with Gasteiger partial charge in [0.15, 0.2) is 0 Å². The monoisotopic (exact) mass is 319 g/mol. The van der Waals surface area contributed by atoms with E-state index in [9.17, 15) is 9.59 Å². The van der Waals surface area contributed by atoms with E-state index in [1.807, 2.05) is 0 Å². The first-order valence-electron chi connectivity index (χ1n) is 10.1. The Labute approximate surface area is 141 Å². The highest BCUT2D eigenvalue weighted by Crippen LogP contribution is 2.33. The lowest BCUT2D eigenvalue weighted by atomic mass is 9.84. The van der Waals surface area contributed by atoms with Gasteiger partial charge in [-0.15, -0.1) is 0 Å². The zero-order valence-electron chi connectivity index (χ0n) is 14.6. The van der Waals surface area contributed by atoms with Gasteiger partial charge in [-0.05, 0) is 38.5 Å². The van der Waals surface area contributed by atoms with E-state index in [0.717, 1.165) is 64.2 Å². The molecule has 3 aliphatic rings. The SMILES string of the molecule is O=C(C1CCCCC1)N(C(=O)C1CCCCC1)C1CCCCC1. The molecule has 0 unspecified atom stereocenters. The smallest absolute Gasteiger partial charge is 0.232 e. The van der Waals surface area contributed by atoms with Crippen LogP contribution < -0.4 is 0 Å². The van der Waals surface area contributed by atoms with Gasteiger partial charge in [0, 0.05) is 17.9 Å². The van der Waals surface area contributed by atoms with Crippen LogP contribution in [0.3, 0.4) is 0 Å². The highest BCUT2D eigenvalue weighted by atomic mass is 16.2. The molecular weight excluding hydrogens is 286 g/mol. The molecule has 0 spiro atoms. The summed E-state index contributed by atoms with van der Waals surface area (Å²) in [5.74, 6) is 0.621. The number of carbonyl (C=O) groups is 2. The fourth-order valence-electron chi connectivity index (χ4n) is 4.90. The lowest BCUT2D eigenvalue weighted by Gasteiger charge is -2.38. The molecule has 23 heavy (non-hydrogen) atoms. The Hall–Kier alpha value is -0.860. The van der Waals surface area contributed by atoms with Crippen molar-refractivity contribution in [2.45, 2.75) is 102 Å². The largest absolute Gasteiger partial charge is 0.279 e. The van der Waals surface area contributed by atoms with Gasteiger partial charge in [-0.25, -0.2) is 0 Å². The second-order valence-corrected chi connectivity index (χ2v) is 8.01. The van der Waals surface area contributed by atoms with Crippen molar-refractivity contribution in [3.05, 3.63) is 0 Å². The lowest BCUT2D eigenvalue weighted by molar-refractivity contribution is -0.155. The van der Waals surface area contributed by atoms with Crippen LogP contribution in [-0.2, 0) is 9.59 Å². The molecule has 0 heterocycles. The van der Waals surface area contributed by atoms with Crippen molar-refractivity contribution in [2.24, 2.45) is 11.8 Å². The van der Waals surface area contributed by atoms with Crippen LogP contribution in [0.25, 0.3) is 0 Å². The predicted molar refractivity (Wildman–Crippen MR) is 91.9 cm³/mol. The Morgan fingerprint density at radius 3 is 1.26 bits per heavy atom. The van der Waals surface area contributed by atoms with Crippen LogP contribution in [0.1, 0.15) is 96.3 Å². The quantitative estimate of drug-likeness (QED) is 0.698. The summed E-state index contributed by atoms with van der Waals surface area (Å²) >= 11 is 0. The molecule has 3 nitrogen and oxygen atoms in total. The van der Waals surface area contributed by atoms with Gasteiger partial charge in [0.1, 0.15) is 0 Å². The van der Waals surface area contributed by atoms with E-state index in [0.29, 0.717) is 0 Å². The Morgan fingerprint density at radius 2 is 0.870 bits per heavy atom. The molecule has 0 N–H and O–H groups in total. The fraction of sp³-hybridized carbons (Fsp3) is 0.900. The molecule has 0 aromatic carbocycles. The maximum absolute atomic E-state index is 13.2. The highest BCUT2D eigenvalue weighted by molar-refractivity contribution is 5.97. The molecule has 0 radical (unpaired) electrons. The number of imide groups is 1. The molecule has 3 heteroatoms. The molecule has 3 saturated carbocycles. The van der Waals surface area contributed by atoms with Gasteiger partial charge in [0.2, 0.25) is 11.8 Å². The van der Waals surface area contributed by atoms with Gasteiger partial charge >= 0.3 is 0 Å². The van der Waals surface area contributed by atoms with Crippen molar-refractivity contribution in [2.75, 3.05) is 0 Å². The predicted octanol–water partition coefficient (Wildman–Crippen LogP) is 4.83. The molecule has 2 amide bonds. The summed E-state index contributed by atoms with van der Waals surface area (Å²) in [6.45, 7) is 0. The summed E-state index contributed by atoms with van der Waals surface area (Å²) in [5.41, 5.74) is 0. The first kappa shape index (κ1) is 17.0. The summed E-state index contributed by atoms with van der Waals surface area (Å²) in [5, 5.41) is 0. The second kappa shape index (κ2) is 8.30. The van der Waals surface area contributed by atoms with Crippen molar-refractivity contribution in [3.63, 3.8) is 0 Å². The van der Waals surface area contributed by atoms with Crippen molar-refractivity contribution >= 4 is 11.8 Å². The van der Waals surface area contributed by atoms with Crippen LogP contribution in [-0.4, -0.2) is 22.8 Å². The van der Waals surface area contributed by atoms with E-state index in [2.05, 4.69) is 0 Å². The normalized spacial score (nSPS) is 25.2. The number of amides is 2. The maximum atomic E-state index is 13.2. The first-order chi connectivity index (χ1) is 11.3. The third-order valence-corrected chi connectivity index (χ3v) is 6.32. The molecule has 0 saturated heterocycles. The van der Waals surface area contributed by atoms with Crippen molar-refractivity contribution in [1.82, 2.24) is 4.90 Å². The molecule has 3 fully saturated rings. The van der Waals surface area contributed by atoms with Crippen LogP contribution in [0.4, 0.5) is 0 Å². The van der Waals surface area contributed by atoms with Gasteiger partial charge < -0.3 is 0 Å². The number of nitrogens with zero attached hydrogens (tertiary/aromatic N) is 1. The van der Waals surface area contributed by atoms with Gasteiger partial charge in [0.25, 0.3) is 0 Å². The summed E-state index contributed by atoms with van der Waals surface area (Å²) in [4.78, 5) is 28.2. The Balaban J connectivity index is 1.74. The molecular formula is C20H33NO2. The maximum Gasteiger partial charge on any atom is 0.232 e. The fourth-order valence-corrected chi connectivity index (χ4v) is 4.90. The zero-order valence-corrected chi connectivity index (χ0v) is 14.6. The van der Waals surface area contributed by atoms with E-state index < -0.39 is 0 Å². The molecule has 0 aromatic heterocycles. The molecule has 3 rings (SSSR count). The van der Waals surface area contributed by atoms with Crippen molar-refractivity contribution < 1.29 is 9.59 Å². The molecule has 0 bridgehead atoms. The van der Waals surface area contributed by atoms with E-state index in [1.165, 1.54) is 32.1 Å². The minimum atomic E-state index is 0.123. The van der Waals surface area contributed by atoms with Gasteiger partial charge in [-0.3, -0.25) is 14.5 Å². The number of carbonyl (C=O) groups excluding carboxylic acids is 2. The number of hydrogen-bond acceptors (Lipinski definition) is 2. The highest BCUT2D eigenvalue weighted by Gasteiger charge is 2.38. The summed E-state index contributed by atoms with van der Waals surface area (Å²) in [6, 6.07) is 0.201. The molecule has 0 aliphatic heterocycles. The first-order valence-corrected chi connectivity index (χ1v) is 10.1. The lowest BCUT2D eigenvalue weighted by Crippen LogP contribution is -2.51. The standard InChI is InChI=1S/C20H33NO2/c22-19(16-10-4-1-5-11-16)21(18-14-8-3-9-15-18)20(23)17-12-6-2-7-13-17/h16-18H,1-15H2. The van der Waals surface area contributed by atoms with Crippen LogP contribution in [0.2, 0.25) is 0 Å². The third kappa shape index (κ3) is 4.16. The summed E-state index contributed by atoms with van der Waals surface area (Å²) < 4.78 is 0. The van der Waals surface area contributed by atoms with Gasteiger partial charge in [0.05, 0.1) is 0 Å². The van der Waals surface area contributed by atoms with Crippen LogP contribution >= 0.6 is 0 Å². The van der Waals surface area contributed by atoms with Crippen LogP contribution in [0.15, 0.2) is 0 Å². The van der Waals surface area contributed by atoms with Gasteiger partial charge in [-0.2, -0.15) is 0 Å². The molecule has 0 atom stereocenters. The topological polar surface area (TPSA) is 37.4 Å². The Bertz CT molecular complexity index is 372. The molecule has 3 aliphatic carbocycles. The van der Waals surface area contributed by atoms with E-state index in [1.54, 1.807) is 4.90 Å². The third-order valence-electron chi connectivity index (χ3n) is 6.32. The average molecular weight is 319 g/mol. The van der Waals surface area contributed by atoms with Crippen molar-refractivity contribution in [3.8, 4) is 0 Å². The minimum Gasteiger partial charge on any atom is -0.279 e. The second-order valence-electron chi connectivity index (χ2n) is 8.01. The molecule has 130 valence electrons. The van der Waals surface area contributed by atoms with Crippen molar-refractivity contribution in [1.29, 1.82) is 0 Å². The van der Waals surface area contributed by atoms with E-state index >= 15 is 0 Å². The number of rotatable bonds is 3. The average Bonchev–Trinajstić information content (AvgIpc) is 2.64. The van der Waals surface area contributed by atoms with Crippen LogP contribution in [0.5, 0.6) is 0 Å². The van der Waals surface area contributed by atoms with Gasteiger partial charge in [-0.1, -0.05) is 57.8 Å². The van der Waals surface area contributed by atoms with E-state index in [-0.39, 0.29) is 29.7 Å².